The molecule has 0 aromatic heterocycles. The molecule has 3 amide bonds. The minimum Gasteiger partial charge on any atom is -0.508 e. The van der Waals surface area contributed by atoms with E-state index in [0.29, 0.717) is 10.7 Å². The molecule has 1 saturated heterocycles. The Hall–Kier alpha value is -3.86. The Balaban J connectivity index is 1.33. The quantitative estimate of drug-likeness (QED) is 0.557. The van der Waals surface area contributed by atoms with Crippen LogP contribution in [0.2, 0.25) is 0 Å². The molecule has 1 atom stereocenters. The fraction of sp³-hybridized carbons (Fsp3) is 0.182. The summed E-state index contributed by atoms with van der Waals surface area (Å²) in [4.78, 5) is 36.8. The molecule has 2 aromatic rings. The van der Waals surface area contributed by atoms with Gasteiger partial charge in [-0.05, 0) is 42.0 Å². The molecule has 3 N–H and O–H groups in total. The van der Waals surface area contributed by atoms with Gasteiger partial charge < -0.3 is 15.2 Å². The number of benzene rings is 2. The molecule has 0 aliphatic carbocycles. The molecule has 2 aliphatic heterocycles. The Morgan fingerprint density at radius 3 is 2.79 bits per heavy atom. The van der Waals surface area contributed by atoms with E-state index in [4.69, 9.17) is 4.74 Å². The van der Waals surface area contributed by atoms with Crippen LogP contribution in [-0.2, 0) is 14.3 Å². The number of carbonyl (C=O) groups is 3. The summed E-state index contributed by atoms with van der Waals surface area (Å²) >= 11 is 1.13. The number of halogens is 1. The van der Waals surface area contributed by atoms with Gasteiger partial charge in [-0.15, -0.1) is 0 Å². The zero-order valence-corrected chi connectivity index (χ0v) is 18.0. The summed E-state index contributed by atoms with van der Waals surface area (Å²) in [6.45, 7) is 0.236. The van der Waals surface area contributed by atoms with Gasteiger partial charge in [0.15, 0.2) is 0 Å². The number of nitrogens with zero attached hydrogens (tertiary/aromatic N) is 2. The first-order valence-corrected chi connectivity index (χ1v) is 10.9. The number of hydrazone groups is 1. The molecule has 0 bridgehead atoms. The van der Waals surface area contributed by atoms with Crippen molar-refractivity contribution in [2.45, 2.75) is 6.10 Å². The molecule has 2 heterocycles. The highest BCUT2D eigenvalue weighted by molar-refractivity contribution is 8.15. The molecule has 11 heteroatoms. The predicted molar refractivity (Wildman–Crippen MR) is 121 cm³/mol. The number of thioether (sulfide) groups is 1. The van der Waals surface area contributed by atoms with E-state index < -0.39 is 18.0 Å². The average molecular weight is 470 g/mol. The van der Waals surface area contributed by atoms with E-state index in [1.54, 1.807) is 24.3 Å². The molecule has 2 aliphatic rings. The van der Waals surface area contributed by atoms with E-state index in [0.717, 1.165) is 17.3 Å². The first-order valence-electron chi connectivity index (χ1n) is 9.91. The van der Waals surface area contributed by atoms with Gasteiger partial charge in [0.25, 0.3) is 5.91 Å². The first-order chi connectivity index (χ1) is 15.9. The Morgan fingerprint density at radius 2 is 2.09 bits per heavy atom. The summed E-state index contributed by atoms with van der Waals surface area (Å²) in [5, 5.41) is 16.1. The van der Waals surface area contributed by atoms with Gasteiger partial charge in [0.2, 0.25) is 5.91 Å². The third-order valence-electron chi connectivity index (χ3n) is 4.82. The van der Waals surface area contributed by atoms with Crippen LogP contribution in [0.3, 0.4) is 0 Å². The van der Waals surface area contributed by atoms with E-state index >= 15 is 0 Å². The smallest absolute Gasteiger partial charge is 0.414 e. The van der Waals surface area contributed by atoms with Crippen molar-refractivity contribution in [2.75, 3.05) is 23.7 Å². The standard InChI is InChI=1S/C22H19FN4O5S/c23-18-9-14(4-7-17(18)21-26-25-20(30)12-33-21)27-11-16(32-22(27)31)10-24-19(29)8-3-13-1-5-15(28)6-2-13/h1-9,16,28H,10-12H2,(H,24,29)(H,25,30)/b8-3+. The Kier molecular flexibility index (Phi) is 6.59. The second kappa shape index (κ2) is 9.74. The Morgan fingerprint density at radius 1 is 1.30 bits per heavy atom. The van der Waals surface area contributed by atoms with Gasteiger partial charge in [-0.25, -0.2) is 14.6 Å². The van der Waals surface area contributed by atoms with Gasteiger partial charge >= 0.3 is 6.09 Å². The number of phenols is 1. The Labute approximate surface area is 192 Å². The summed E-state index contributed by atoms with van der Waals surface area (Å²) in [7, 11) is 0. The molecule has 0 radical (unpaired) electrons. The fourth-order valence-electron chi connectivity index (χ4n) is 3.16. The van der Waals surface area contributed by atoms with Crippen LogP contribution < -0.4 is 15.6 Å². The zero-order chi connectivity index (χ0) is 23.4. The Bertz CT molecular complexity index is 1150. The van der Waals surface area contributed by atoms with E-state index in [9.17, 15) is 23.9 Å². The summed E-state index contributed by atoms with van der Waals surface area (Å²) in [6.07, 6.45) is 1.69. The number of anilines is 1. The van der Waals surface area contributed by atoms with Gasteiger partial charge in [0.1, 0.15) is 22.7 Å². The number of amides is 3. The van der Waals surface area contributed by atoms with Crippen LogP contribution in [-0.4, -0.2) is 53.0 Å². The van der Waals surface area contributed by atoms with Gasteiger partial charge in [-0.2, -0.15) is 5.10 Å². The molecule has 1 unspecified atom stereocenters. The highest BCUT2D eigenvalue weighted by Crippen LogP contribution is 2.26. The topological polar surface area (TPSA) is 120 Å². The van der Waals surface area contributed by atoms with Crippen LogP contribution in [0.25, 0.3) is 6.08 Å². The largest absolute Gasteiger partial charge is 0.508 e. The number of cyclic esters (lactones) is 1. The summed E-state index contributed by atoms with van der Waals surface area (Å²) < 4.78 is 19.9. The number of nitrogens with one attached hydrogen (secondary N) is 2. The number of hydrogen-bond donors (Lipinski definition) is 3. The van der Waals surface area contributed by atoms with Crippen LogP contribution in [0.15, 0.2) is 53.6 Å². The van der Waals surface area contributed by atoms with E-state index in [-0.39, 0.29) is 42.0 Å². The minimum atomic E-state index is -0.641. The second-order valence-corrected chi connectivity index (χ2v) is 8.16. The van der Waals surface area contributed by atoms with Crippen LogP contribution in [0.1, 0.15) is 11.1 Å². The number of aromatic hydroxyl groups is 1. The summed E-state index contributed by atoms with van der Waals surface area (Å²) in [6, 6.07) is 10.6. The van der Waals surface area contributed by atoms with Crippen molar-refractivity contribution < 1.29 is 28.6 Å². The molecular formula is C22H19FN4O5S. The molecule has 0 spiro atoms. The molecule has 0 saturated carbocycles. The van der Waals surface area contributed by atoms with E-state index in [2.05, 4.69) is 15.8 Å². The molecule has 1 fully saturated rings. The van der Waals surface area contributed by atoms with Gasteiger partial charge in [0.05, 0.1) is 24.5 Å². The fourth-order valence-corrected chi connectivity index (χ4v) is 3.93. The molecule has 2 aromatic carbocycles. The third-order valence-corrected chi connectivity index (χ3v) is 5.81. The van der Waals surface area contributed by atoms with Gasteiger partial charge in [-0.1, -0.05) is 23.9 Å². The number of carbonyl (C=O) groups excluding carboxylic acids is 3. The number of rotatable bonds is 6. The first kappa shape index (κ1) is 22.3. The van der Waals surface area contributed by atoms with Crippen LogP contribution in [0.5, 0.6) is 5.75 Å². The molecule has 170 valence electrons. The lowest BCUT2D eigenvalue weighted by Gasteiger charge is -2.16. The zero-order valence-electron chi connectivity index (χ0n) is 17.2. The average Bonchev–Trinajstić information content (AvgIpc) is 3.18. The van der Waals surface area contributed by atoms with Crippen molar-refractivity contribution in [3.05, 3.63) is 65.5 Å². The van der Waals surface area contributed by atoms with Crippen LogP contribution >= 0.6 is 11.8 Å². The van der Waals surface area contributed by atoms with E-state index in [1.807, 2.05) is 0 Å². The van der Waals surface area contributed by atoms with Gasteiger partial charge in [-0.3, -0.25) is 14.5 Å². The number of phenolic OH excluding ortho intramolecular Hbond substituents is 1. The lowest BCUT2D eigenvalue weighted by molar-refractivity contribution is -0.118. The minimum absolute atomic E-state index is 0.0920. The SMILES string of the molecule is O=C(/C=C/c1ccc(O)cc1)NCC1CN(c2ccc(C3=NNC(=O)CS3)c(F)c2)C(=O)O1. The summed E-state index contributed by atoms with van der Waals surface area (Å²) in [5.41, 5.74) is 3.59. The van der Waals surface area contributed by atoms with Crippen LogP contribution in [0, 0.1) is 5.82 Å². The van der Waals surface area contributed by atoms with E-state index in [1.165, 1.54) is 35.2 Å². The normalized spacial score (nSPS) is 18.2. The number of hydrogen-bond acceptors (Lipinski definition) is 7. The highest BCUT2D eigenvalue weighted by atomic mass is 32.2. The van der Waals surface area contributed by atoms with Crippen molar-refractivity contribution in [3.63, 3.8) is 0 Å². The van der Waals surface area contributed by atoms with Crippen LogP contribution in [0.4, 0.5) is 14.9 Å². The lowest BCUT2D eigenvalue weighted by Crippen LogP contribution is -2.33. The molecule has 33 heavy (non-hydrogen) atoms. The maximum absolute atomic E-state index is 14.6. The second-order valence-electron chi connectivity index (χ2n) is 7.19. The number of ether oxygens (including phenoxy) is 1. The molecular weight excluding hydrogens is 451 g/mol. The monoisotopic (exact) mass is 470 g/mol. The lowest BCUT2D eigenvalue weighted by atomic mass is 10.2. The van der Waals surface area contributed by atoms with Crippen molar-refractivity contribution in [3.8, 4) is 5.75 Å². The molecule has 4 rings (SSSR count). The molecule has 9 nitrogen and oxygen atoms in total. The maximum atomic E-state index is 14.6. The van der Waals surface area contributed by atoms with Crippen molar-refractivity contribution in [1.82, 2.24) is 10.7 Å². The third kappa shape index (κ3) is 5.50. The van der Waals surface area contributed by atoms with Gasteiger partial charge in [0, 0.05) is 11.6 Å². The summed E-state index contributed by atoms with van der Waals surface area (Å²) in [5.74, 6) is -0.927. The van der Waals surface area contributed by atoms with Crippen molar-refractivity contribution >= 4 is 46.5 Å². The van der Waals surface area contributed by atoms with Crippen molar-refractivity contribution in [1.29, 1.82) is 0 Å². The predicted octanol–water partition coefficient (Wildman–Crippen LogP) is 2.21. The maximum Gasteiger partial charge on any atom is 0.414 e. The highest BCUT2D eigenvalue weighted by Gasteiger charge is 2.33. The van der Waals surface area contributed by atoms with Crippen molar-refractivity contribution in [2.24, 2.45) is 5.10 Å².